The summed E-state index contributed by atoms with van der Waals surface area (Å²) in [5.41, 5.74) is 7.20. The summed E-state index contributed by atoms with van der Waals surface area (Å²) >= 11 is 6.24. The molecule has 4 rings (SSSR count). The second-order valence-electron chi connectivity index (χ2n) is 8.73. The Morgan fingerprint density at radius 1 is 1.23 bits per heavy atom. The molecule has 0 saturated carbocycles. The highest BCUT2D eigenvalue weighted by Gasteiger charge is 2.28. The first-order valence-electron chi connectivity index (χ1n) is 14.5. The lowest BCUT2D eigenvalue weighted by Gasteiger charge is -2.42. The molecule has 35 heavy (non-hydrogen) atoms. The molecule has 0 unspecified atom stereocenters. The molecule has 9 nitrogen and oxygen atoms in total. The van der Waals surface area contributed by atoms with Crippen molar-refractivity contribution in [1.29, 1.82) is 0 Å². The van der Waals surface area contributed by atoms with E-state index in [2.05, 4.69) is 25.1 Å². The van der Waals surface area contributed by atoms with Crippen LogP contribution in [0, 0.1) is 0 Å². The highest BCUT2D eigenvalue weighted by Crippen LogP contribution is 2.35. The van der Waals surface area contributed by atoms with Crippen LogP contribution >= 0.6 is 11.6 Å². The smallest absolute Gasteiger partial charge is 0.271 e. The number of piperazine rings is 1. The van der Waals surface area contributed by atoms with Gasteiger partial charge in [0.2, 0.25) is 0 Å². The number of ether oxygens (including phenoxy) is 1. The minimum Gasteiger partial charge on any atom is -0.492 e. The summed E-state index contributed by atoms with van der Waals surface area (Å²) < 4.78 is 44.6. The second-order valence-corrected chi connectivity index (χ2v) is 9.09. The van der Waals surface area contributed by atoms with Crippen molar-refractivity contribution in [2.24, 2.45) is 5.73 Å². The van der Waals surface area contributed by atoms with Gasteiger partial charge in [-0.2, -0.15) is 0 Å². The number of rotatable bonds is 8. The van der Waals surface area contributed by atoms with E-state index in [0.717, 1.165) is 44.7 Å². The Morgan fingerprint density at radius 3 is 2.60 bits per heavy atom. The Balaban J connectivity index is 1.50. The van der Waals surface area contributed by atoms with Crippen molar-refractivity contribution in [1.82, 2.24) is 19.8 Å². The fraction of sp³-hybridized carbons (Fsp3) is 0.560. The third-order valence-electron chi connectivity index (χ3n) is 6.56. The van der Waals surface area contributed by atoms with Crippen molar-refractivity contribution in [3.05, 3.63) is 34.7 Å². The van der Waals surface area contributed by atoms with Crippen LogP contribution < -0.4 is 20.7 Å². The maximum Gasteiger partial charge on any atom is 0.271 e. The molecule has 3 N–H and O–H groups in total. The quantitative estimate of drug-likeness (QED) is 0.563. The molecule has 0 spiro atoms. The van der Waals surface area contributed by atoms with Gasteiger partial charge in [0.25, 0.3) is 5.91 Å². The number of nitrogens with one attached hydrogen (secondary N) is 1. The van der Waals surface area contributed by atoms with Crippen LogP contribution in [0.3, 0.4) is 0 Å². The van der Waals surface area contributed by atoms with Crippen molar-refractivity contribution in [3.63, 3.8) is 0 Å². The zero-order valence-corrected chi connectivity index (χ0v) is 20.9. The summed E-state index contributed by atoms with van der Waals surface area (Å²) in [6.45, 7) is 3.21. The monoisotopic (exact) mass is 506 g/mol. The number of halogens is 1. The van der Waals surface area contributed by atoms with Crippen LogP contribution in [0.25, 0.3) is 0 Å². The number of piperidine rings is 1. The van der Waals surface area contributed by atoms with Gasteiger partial charge in [-0.3, -0.25) is 9.69 Å². The van der Waals surface area contributed by atoms with Crippen molar-refractivity contribution in [3.8, 4) is 5.75 Å². The number of aryl methyl sites for hydroxylation is 1. The predicted octanol–water partition coefficient (Wildman–Crippen LogP) is 3.15. The lowest BCUT2D eigenvalue weighted by molar-refractivity contribution is 0.0981. The number of hydrogen-bond donors (Lipinski definition) is 2. The topological polar surface area (TPSA) is 99.8 Å². The average molecular weight is 507 g/mol. The van der Waals surface area contributed by atoms with Crippen LogP contribution in [0.1, 0.15) is 49.7 Å². The largest absolute Gasteiger partial charge is 0.492 e. The molecule has 0 radical (unpaired) electrons. The van der Waals surface area contributed by atoms with E-state index in [4.69, 9.17) is 28.9 Å². The number of hydrogen-bond acceptors (Lipinski definition) is 8. The molecule has 2 saturated heterocycles. The summed E-state index contributed by atoms with van der Waals surface area (Å²) in [5.74, 6) is -0.304. The molecule has 2 aliphatic rings. The lowest BCUT2D eigenvalue weighted by atomic mass is 10.0. The predicted molar refractivity (Wildman–Crippen MR) is 140 cm³/mol. The minimum atomic E-state index is -2.05. The third-order valence-corrected chi connectivity index (χ3v) is 6.86. The molecule has 0 aliphatic carbocycles. The van der Waals surface area contributed by atoms with Crippen LogP contribution in [0.2, 0.25) is 5.15 Å². The zero-order valence-electron chi connectivity index (χ0n) is 25.2. The SMILES string of the molecule is [2H]C([2H])(C)Oc1cc(Nc2nc(Cl)c(CC)nc2C(N)=O)ccc1N1CCC(N2CCN(C([2H])([2H])[2H])CC2)CC1. The maximum atomic E-state index is 12.0. The standard InChI is InChI=1S/C25H36ClN7O2/c1-4-19-23(26)30-25(22(29-19)24(27)34)28-17-6-7-20(21(16-17)35-5-2)33-10-8-18(9-11-33)32-14-12-31(3)13-15-32/h6-7,16,18H,4-5,8-15H2,1-3H3,(H2,27,34)(H,28,30)/i3D3,5D2. The van der Waals surface area contributed by atoms with Crippen LogP contribution in [0.5, 0.6) is 5.75 Å². The Kier molecular flexibility index (Phi) is 6.38. The van der Waals surface area contributed by atoms with E-state index in [1.54, 1.807) is 17.0 Å². The van der Waals surface area contributed by atoms with Gasteiger partial charge in [-0.15, -0.1) is 0 Å². The maximum absolute atomic E-state index is 12.0. The Labute approximate surface area is 219 Å². The molecule has 0 atom stereocenters. The molecule has 2 aliphatic heterocycles. The van der Waals surface area contributed by atoms with E-state index >= 15 is 0 Å². The summed E-state index contributed by atoms with van der Waals surface area (Å²) in [4.78, 5) is 26.7. The van der Waals surface area contributed by atoms with Gasteiger partial charge in [0.15, 0.2) is 16.7 Å². The number of nitrogens with zero attached hydrogens (tertiary/aromatic N) is 5. The molecular weight excluding hydrogens is 466 g/mol. The molecule has 0 bridgehead atoms. The van der Waals surface area contributed by atoms with Gasteiger partial charge in [0.1, 0.15) is 5.75 Å². The van der Waals surface area contributed by atoms with E-state index in [9.17, 15) is 4.79 Å². The molecule has 2 aromatic rings. The summed E-state index contributed by atoms with van der Waals surface area (Å²) in [6.07, 6.45) is 2.28. The number of nitrogens with two attached hydrogens (primary N) is 1. The molecule has 2 fully saturated rings. The van der Waals surface area contributed by atoms with E-state index in [-0.39, 0.29) is 16.7 Å². The summed E-state index contributed by atoms with van der Waals surface area (Å²) in [5, 5.41) is 3.20. The van der Waals surface area contributed by atoms with Gasteiger partial charge in [-0.05, 0) is 45.3 Å². The lowest BCUT2D eigenvalue weighted by Crippen LogP contribution is -2.52. The highest BCUT2D eigenvalue weighted by atomic mass is 35.5. The zero-order chi connectivity index (χ0) is 29.2. The first-order valence-corrected chi connectivity index (χ1v) is 12.3. The summed E-state index contributed by atoms with van der Waals surface area (Å²) in [6, 6.07) is 5.66. The van der Waals surface area contributed by atoms with Crippen LogP contribution in [0.4, 0.5) is 17.2 Å². The van der Waals surface area contributed by atoms with E-state index < -0.39 is 19.4 Å². The van der Waals surface area contributed by atoms with Crippen molar-refractivity contribution < 1.29 is 16.4 Å². The number of amides is 1. The number of carbonyl (C=O) groups excluding carboxylic acids is 1. The van der Waals surface area contributed by atoms with Gasteiger partial charge >= 0.3 is 0 Å². The van der Waals surface area contributed by atoms with Gasteiger partial charge in [0, 0.05) is 61.2 Å². The summed E-state index contributed by atoms with van der Waals surface area (Å²) in [7, 11) is 0. The number of carbonyl (C=O) groups is 1. The number of benzene rings is 1. The number of anilines is 3. The number of aromatic nitrogens is 2. The van der Waals surface area contributed by atoms with Gasteiger partial charge < -0.3 is 25.6 Å². The van der Waals surface area contributed by atoms with Crippen LogP contribution in [-0.2, 0) is 6.42 Å². The van der Waals surface area contributed by atoms with Crippen LogP contribution in [-0.4, -0.2) is 84.5 Å². The van der Waals surface area contributed by atoms with Crippen LogP contribution in [0.15, 0.2) is 18.2 Å². The molecule has 1 aromatic heterocycles. The van der Waals surface area contributed by atoms with Crippen molar-refractivity contribution >= 4 is 34.7 Å². The highest BCUT2D eigenvalue weighted by molar-refractivity contribution is 6.30. The Hall–Kier alpha value is -2.62. The average Bonchev–Trinajstić information content (AvgIpc) is 2.88. The number of primary amides is 1. The van der Waals surface area contributed by atoms with E-state index in [1.807, 2.05) is 13.0 Å². The molecular formula is C25H36ClN7O2. The third kappa shape index (κ3) is 5.97. The molecule has 3 heterocycles. The van der Waals surface area contributed by atoms with Crippen molar-refractivity contribution in [2.75, 3.05) is 63.0 Å². The first kappa shape index (κ1) is 19.6. The number of likely N-dealkylation sites (N-methyl/N-ethyl adjacent to an activating group) is 1. The molecule has 1 amide bonds. The normalized spacial score (nSPS) is 20.9. The molecule has 190 valence electrons. The molecule has 10 heteroatoms. The second kappa shape index (κ2) is 11.4. The van der Waals surface area contributed by atoms with Crippen molar-refractivity contribution in [2.45, 2.75) is 39.2 Å². The minimum absolute atomic E-state index is 0.0413. The molecule has 1 aromatic carbocycles. The first-order chi connectivity index (χ1) is 18.7. The van der Waals surface area contributed by atoms with Gasteiger partial charge in [0.05, 0.1) is 20.7 Å². The Bertz CT molecular complexity index is 1210. The Morgan fingerprint density at radius 2 is 1.97 bits per heavy atom. The fourth-order valence-electron chi connectivity index (χ4n) is 4.67. The van der Waals surface area contributed by atoms with Gasteiger partial charge in [-0.25, -0.2) is 9.97 Å². The van der Waals surface area contributed by atoms with E-state index in [1.165, 1.54) is 6.92 Å². The van der Waals surface area contributed by atoms with Gasteiger partial charge in [-0.1, -0.05) is 18.5 Å². The fourth-order valence-corrected chi connectivity index (χ4v) is 4.93. The van der Waals surface area contributed by atoms with E-state index in [0.29, 0.717) is 42.7 Å².